The number of rotatable bonds is 2. The van der Waals surface area contributed by atoms with E-state index in [0.29, 0.717) is 5.02 Å². The highest BCUT2D eigenvalue weighted by molar-refractivity contribution is 6.31. The van der Waals surface area contributed by atoms with Crippen LogP contribution in [-0.4, -0.2) is 6.08 Å². The molecule has 15 heavy (non-hydrogen) atoms. The average molecular weight is 222 g/mol. The van der Waals surface area contributed by atoms with Crippen molar-refractivity contribution in [3.63, 3.8) is 0 Å². The molecule has 1 saturated carbocycles. The summed E-state index contributed by atoms with van der Waals surface area (Å²) in [6, 6.07) is 7.62. The molecule has 2 nitrogen and oxygen atoms in total. The second kappa shape index (κ2) is 4.18. The largest absolute Gasteiger partial charge is 0.235 e. The Bertz CT molecular complexity index is 404. The van der Waals surface area contributed by atoms with Gasteiger partial charge in [0.15, 0.2) is 0 Å². The van der Waals surface area contributed by atoms with Gasteiger partial charge in [0.2, 0.25) is 6.08 Å². The summed E-state index contributed by atoms with van der Waals surface area (Å²) in [4.78, 5) is 14.5. The van der Waals surface area contributed by atoms with Crippen LogP contribution < -0.4 is 0 Å². The Hall–Kier alpha value is -1.11. The summed E-state index contributed by atoms with van der Waals surface area (Å²) in [6.07, 6.45) is 5.67. The Balaban J connectivity index is 2.50. The highest BCUT2D eigenvalue weighted by Gasteiger charge is 2.36. The predicted octanol–water partition coefficient (Wildman–Crippen LogP) is 3.45. The molecule has 2 rings (SSSR count). The van der Waals surface area contributed by atoms with Crippen LogP contribution in [-0.2, 0) is 10.3 Å². The van der Waals surface area contributed by atoms with Gasteiger partial charge in [0.05, 0.1) is 5.54 Å². The molecule has 1 fully saturated rings. The second-order valence-corrected chi connectivity index (χ2v) is 4.33. The minimum absolute atomic E-state index is 0.403. The molecule has 0 heterocycles. The highest BCUT2D eigenvalue weighted by atomic mass is 35.5. The minimum atomic E-state index is -0.403. The van der Waals surface area contributed by atoms with E-state index in [9.17, 15) is 4.79 Å². The van der Waals surface area contributed by atoms with Gasteiger partial charge in [0.25, 0.3) is 0 Å². The van der Waals surface area contributed by atoms with Crippen LogP contribution in [0.1, 0.15) is 31.2 Å². The summed E-state index contributed by atoms with van der Waals surface area (Å²) in [7, 11) is 0. The van der Waals surface area contributed by atoms with E-state index in [1.807, 2.05) is 24.3 Å². The molecule has 0 saturated heterocycles. The molecule has 1 aromatic carbocycles. The van der Waals surface area contributed by atoms with Gasteiger partial charge in [-0.05, 0) is 24.5 Å². The zero-order valence-corrected chi connectivity index (χ0v) is 9.13. The van der Waals surface area contributed by atoms with Crippen molar-refractivity contribution in [2.75, 3.05) is 0 Å². The van der Waals surface area contributed by atoms with E-state index in [0.717, 1.165) is 31.2 Å². The van der Waals surface area contributed by atoms with E-state index in [1.54, 1.807) is 6.08 Å². The zero-order valence-electron chi connectivity index (χ0n) is 8.37. The first kappa shape index (κ1) is 10.4. The third kappa shape index (κ3) is 1.83. The first-order valence-corrected chi connectivity index (χ1v) is 5.50. The standard InChI is InChI=1S/C12H12ClNO/c13-11-6-2-1-5-10(11)12(14-9-15)7-3-4-8-12/h1-2,5-6H,3-4,7-8H2. The number of halogens is 1. The third-order valence-corrected chi connectivity index (χ3v) is 3.40. The number of isocyanates is 1. The van der Waals surface area contributed by atoms with Crippen LogP contribution in [0.2, 0.25) is 5.02 Å². The van der Waals surface area contributed by atoms with Crippen LogP contribution in [0.5, 0.6) is 0 Å². The van der Waals surface area contributed by atoms with Crippen molar-refractivity contribution >= 4 is 17.7 Å². The van der Waals surface area contributed by atoms with Gasteiger partial charge in [-0.3, -0.25) is 0 Å². The molecular weight excluding hydrogens is 210 g/mol. The number of hydrogen-bond acceptors (Lipinski definition) is 2. The summed E-state index contributed by atoms with van der Waals surface area (Å²) >= 11 is 6.14. The summed E-state index contributed by atoms with van der Waals surface area (Å²) in [5.74, 6) is 0. The fraction of sp³-hybridized carbons (Fsp3) is 0.417. The van der Waals surface area contributed by atoms with Gasteiger partial charge in [-0.2, -0.15) is 4.99 Å². The number of hydrogen-bond donors (Lipinski definition) is 0. The zero-order chi connectivity index (χ0) is 10.7. The number of benzene rings is 1. The van der Waals surface area contributed by atoms with Crippen molar-refractivity contribution in [2.45, 2.75) is 31.2 Å². The quantitative estimate of drug-likeness (QED) is 0.556. The fourth-order valence-corrected chi connectivity index (χ4v) is 2.64. The van der Waals surface area contributed by atoms with Crippen LogP contribution >= 0.6 is 11.6 Å². The maximum absolute atomic E-state index is 10.5. The lowest BCUT2D eigenvalue weighted by Crippen LogP contribution is -2.19. The van der Waals surface area contributed by atoms with Crippen LogP contribution in [0.25, 0.3) is 0 Å². The lowest BCUT2D eigenvalue weighted by Gasteiger charge is -2.23. The Kier molecular flexibility index (Phi) is 2.90. The molecule has 0 radical (unpaired) electrons. The highest BCUT2D eigenvalue weighted by Crippen LogP contribution is 2.44. The molecule has 0 unspecified atom stereocenters. The summed E-state index contributed by atoms with van der Waals surface area (Å²) in [5.41, 5.74) is 0.563. The lowest BCUT2D eigenvalue weighted by atomic mass is 9.89. The van der Waals surface area contributed by atoms with Crippen molar-refractivity contribution in [1.82, 2.24) is 0 Å². The number of nitrogens with zero attached hydrogens (tertiary/aromatic N) is 1. The summed E-state index contributed by atoms with van der Waals surface area (Å²) in [5, 5.41) is 0.693. The van der Waals surface area contributed by atoms with Gasteiger partial charge in [0.1, 0.15) is 0 Å². The second-order valence-electron chi connectivity index (χ2n) is 3.92. The van der Waals surface area contributed by atoms with Gasteiger partial charge in [0, 0.05) is 5.02 Å². The topological polar surface area (TPSA) is 29.4 Å². The van der Waals surface area contributed by atoms with Crippen LogP contribution in [0.15, 0.2) is 29.3 Å². The predicted molar refractivity (Wildman–Crippen MR) is 59.7 cm³/mol. The van der Waals surface area contributed by atoms with Crippen molar-refractivity contribution in [3.8, 4) is 0 Å². The van der Waals surface area contributed by atoms with E-state index in [4.69, 9.17) is 11.6 Å². The molecular formula is C12H12ClNO. The van der Waals surface area contributed by atoms with Gasteiger partial charge in [-0.15, -0.1) is 0 Å². The van der Waals surface area contributed by atoms with Crippen LogP contribution in [0.4, 0.5) is 0 Å². The van der Waals surface area contributed by atoms with Gasteiger partial charge >= 0.3 is 0 Å². The molecule has 0 aromatic heterocycles. The molecule has 1 aliphatic rings. The molecule has 0 atom stereocenters. The van der Waals surface area contributed by atoms with Crippen molar-refractivity contribution in [2.24, 2.45) is 4.99 Å². The molecule has 78 valence electrons. The Morgan fingerprint density at radius 1 is 1.27 bits per heavy atom. The smallest absolute Gasteiger partial charge is 0.211 e. The Labute approximate surface area is 94.0 Å². The maximum atomic E-state index is 10.5. The molecule has 0 spiro atoms. The van der Waals surface area contributed by atoms with Crippen LogP contribution in [0, 0.1) is 0 Å². The molecule has 0 bridgehead atoms. The Morgan fingerprint density at radius 3 is 2.53 bits per heavy atom. The maximum Gasteiger partial charge on any atom is 0.235 e. The van der Waals surface area contributed by atoms with Crippen molar-refractivity contribution < 1.29 is 4.79 Å². The van der Waals surface area contributed by atoms with E-state index < -0.39 is 5.54 Å². The number of aliphatic imine (C=N–C) groups is 1. The molecule has 1 aliphatic carbocycles. The normalized spacial score (nSPS) is 18.5. The van der Waals surface area contributed by atoms with Crippen molar-refractivity contribution in [1.29, 1.82) is 0 Å². The SMILES string of the molecule is O=C=NC1(c2ccccc2Cl)CCCC1. The molecule has 0 aliphatic heterocycles. The van der Waals surface area contributed by atoms with E-state index >= 15 is 0 Å². The third-order valence-electron chi connectivity index (χ3n) is 3.07. The lowest BCUT2D eigenvalue weighted by molar-refractivity contribution is 0.456. The van der Waals surface area contributed by atoms with Gasteiger partial charge in [-0.1, -0.05) is 42.6 Å². The van der Waals surface area contributed by atoms with E-state index in [2.05, 4.69) is 4.99 Å². The van der Waals surface area contributed by atoms with E-state index in [-0.39, 0.29) is 0 Å². The molecule has 1 aromatic rings. The summed E-state index contributed by atoms with van der Waals surface area (Å²) in [6.45, 7) is 0. The summed E-state index contributed by atoms with van der Waals surface area (Å²) < 4.78 is 0. The van der Waals surface area contributed by atoms with Crippen molar-refractivity contribution in [3.05, 3.63) is 34.9 Å². The number of carbonyl (C=O) groups excluding carboxylic acids is 1. The van der Waals surface area contributed by atoms with Crippen LogP contribution in [0.3, 0.4) is 0 Å². The first-order chi connectivity index (χ1) is 7.28. The Morgan fingerprint density at radius 2 is 1.93 bits per heavy atom. The fourth-order valence-electron chi connectivity index (χ4n) is 2.33. The monoisotopic (exact) mass is 221 g/mol. The molecule has 0 N–H and O–H groups in total. The average Bonchev–Trinajstić information content (AvgIpc) is 2.69. The minimum Gasteiger partial charge on any atom is -0.211 e. The first-order valence-electron chi connectivity index (χ1n) is 5.12. The molecule has 0 amide bonds. The molecule has 3 heteroatoms. The van der Waals surface area contributed by atoms with Gasteiger partial charge < -0.3 is 0 Å². The van der Waals surface area contributed by atoms with E-state index in [1.165, 1.54) is 0 Å². The van der Waals surface area contributed by atoms with Gasteiger partial charge in [-0.25, -0.2) is 4.79 Å².